The maximum atomic E-state index is 10.9. The molecule has 0 bridgehead atoms. The summed E-state index contributed by atoms with van der Waals surface area (Å²) in [6.45, 7) is 1.47. The Hall–Kier alpha value is -0.980. The van der Waals surface area contributed by atoms with Gasteiger partial charge in [0.1, 0.15) is 0 Å². The fourth-order valence-electron chi connectivity index (χ4n) is 1.16. The molecule has 1 rings (SSSR count). The molecule has 0 saturated carbocycles. The second kappa shape index (κ2) is 4.69. The van der Waals surface area contributed by atoms with Crippen molar-refractivity contribution >= 4 is 10.0 Å². The highest BCUT2D eigenvalue weighted by atomic mass is 32.2. The van der Waals surface area contributed by atoms with Crippen molar-refractivity contribution < 1.29 is 13.5 Å². The van der Waals surface area contributed by atoms with Gasteiger partial charge in [-0.15, -0.1) is 0 Å². The first-order chi connectivity index (χ1) is 6.91. The minimum atomic E-state index is -3.59. The fraction of sp³-hybridized carbons (Fsp3) is 0.444. The molecule has 0 saturated heterocycles. The number of hydrogen-bond donors (Lipinski definition) is 2. The molecule has 0 spiro atoms. The van der Waals surface area contributed by atoms with E-state index in [0.717, 1.165) is 0 Å². The van der Waals surface area contributed by atoms with Crippen LogP contribution in [0, 0.1) is 0 Å². The van der Waals surface area contributed by atoms with Gasteiger partial charge in [0, 0.05) is 12.4 Å². The molecule has 0 aliphatic rings. The lowest BCUT2D eigenvalue weighted by Crippen LogP contribution is -2.27. The van der Waals surface area contributed by atoms with Crippen LogP contribution >= 0.6 is 0 Å². The number of primary sulfonamides is 1. The highest BCUT2D eigenvalue weighted by Crippen LogP contribution is 2.19. The molecule has 15 heavy (non-hydrogen) atoms. The molecule has 0 aromatic carbocycles. The number of sulfonamides is 1. The number of hydrogen-bond acceptors (Lipinski definition) is 4. The third kappa shape index (κ3) is 3.58. The maximum absolute atomic E-state index is 10.9. The highest BCUT2D eigenvalue weighted by molar-refractivity contribution is 7.89. The summed E-state index contributed by atoms with van der Waals surface area (Å²) in [4.78, 5) is 3.83. The number of nitrogens with zero attached hydrogens (tertiary/aromatic N) is 1. The number of aliphatic hydroxyl groups excluding tert-OH is 1. The summed E-state index contributed by atoms with van der Waals surface area (Å²) < 4.78 is 21.9. The van der Waals surface area contributed by atoms with Crippen molar-refractivity contribution in [2.45, 2.75) is 24.7 Å². The van der Waals surface area contributed by atoms with Crippen LogP contribution in [0.5, 0.6) is 0 Å². The molecule has 1 aromatic rings. The van der Waals surface area contributed by atoms with Gasteiger partial charge in [0.25, 0.3) is 0 Å². The zero-order valence-corrected chi connectivity index (χ0v) is 9.18. The van der Waals surface area contributed by atoms with Crippen LogP contribution in [0.15, 0.2) is 24.5 Å². The monoisotopic (exact) mass is 230 g/mol. The van der Waals surface area contributed by atoms with Gasteiger partial charge in [-0.2, -0.15) is 0 Å². The largest absolute Gasteiger partial charge is 0.388 e. The van der Waals surface area contributed by atoms with E-state index in [4.69, 9.17) is 5.14 Å². The van der Waals surface area contributed by atoms with Gasteiger partial charge in [-0.25, -0.2) is 13.6 Å². The Balaban J connectivity index is 2.69. The van der Waals surface area contributed by atoms with E-state index >= 15 is 0 Å². The molecule has 5 nitrogen and oxygen atoms in total. The predicted molar refractivity (Wildman–Crippen MR) is 56.4 cm³/mol. The van der Waals surface area contributed by atoms with Crippen LogP contribution in [0.25, 0.3) is 0 Å². The van der Waals surface area contributed by atoms with E-state index in [-0.39, 0.29) is 6.42 Å². The second-order valence-corrected chi connectivity index (χ2v) is 5.42. The number of aromatic nitrogens is 1. The molecule has 0 radical (unpaired) electrons. The minimum Gasteiger partial charge on any atom is -0.388 e. The van der Waals surface area contributed by atoms with Crippen molar-refractivity contribution in [3.63, 3.8) is 0 Å². The lowest BCUT2D eigenvalue weighted by Gasteiger charge is -2.14. The summed E-state index contributed by atoms with van der Waals surface area (Å²) in [5.74, 6) is 0. The van der Waals surface area contributed by atoms with Crippen molar-refractivity contribution in [2.24, 2.45) is 5.14 Å². The first-order valence-electron chi connectivity index (χ1n) is 4.51. The van der Waals surface area contributed by atoms with E-state index < -0.39 is 21.4 Å². The summed E-state index contributed by atoms with van der Waals surface area (Å²) in [6, 6.07) is 3.37. The van der Waals surface area contributed by atoms with E-state index in [2.05, 4.69) is 4.98 Å². The van der Waals surface area contributed by atoms with Crippen molar-refractivity contribution in [1.82, 2.24) is 4.98 Å². The van der Waals surface area contributed by atoms with E-state index in [1.807, 2.05) is 0 Å². The number of pyridine rings is 1. The number of aliphatic hydroxyl groups is 1. The third-order valence-corrected chi connectivity index (χ3v) is 3.50. The first-order valence-corrected chi connectivity index (χ1v) is 6.12. The van der Waals surface area contributed by atoms with Crippen LogP contribution < -0.4 is 5.14 Å². The van der Waals surface area contributed by atoms with E-state index in [0.29, 0.717) is 5.56 Å². The molecule has 2 unspecified atom stereocenters. The van der Waals surface area contributed by atoms with Gasteiger partial charge in [0.05, 0.1) is 11.4 Å². The maximum Gasteiger partial charge on any atom is 0.211 e. The average molecular weight is 230 g/mol. The third-order valence-electron chi connectivity index (χ3n) is 2.19. The fourth-order valence-corrected chi connectivity index (χ4v) is 1.61. The smallest absolute Gasteiger partial charge is 0.211 e. The molecule has 0 aliphatic carbocycles. The van der Waals surface area contributed by atoms with E-state index in [1.165, 1.54) is 13.1 Å². The van der Waals surface area contributed by atoms with Crippen molar-refractivity contribution in [1.29, 1.82) is 0 Å². The molecular formula is C9H14N2O3S. The molecule has 0 aliphatic heterocycles. The Labute approximate surface area is 89.0 Å². The molecule has 0 fully saturated rings. The Bertz CT molecular complexity index is 405. The first kappa shape index (κ1) is 12.1. The summed E-state index contributed by atoms with van der Waals surface area (Å²) in [6.07, 6.45) is 2.30. The van der Waals surface area contributed by atoms with Crippen LogP contribution in [0.1, 0.15) is 25.0 Å². The van der Waals surface area contributed by atoms with E-state index in [1.54, 1.807) is 18.3 Å². The Kier molecular flexibility index (Phi) is 3.78. The Morgan fingerprint density at radius 3 is 2.73 bits per heavy atom. The molecule has 1 heterocycles. The van der Waals surface area contributed by atoms with Gasteiger partial charge in [-0.3, -0.25) is 4.98 Å². The minimum absolute atomic E-state index is 0.0739. The lowest BCUT2D eigenvalue weighted by atomic mass is 10.1. The van der Waals surface area contributed by atoms with E-state index in [9.17, 15) is 13.5 Å². The molecule has 0 amide bonds. The molecule has 2 atom stereocenters. The molecule has 1 aromatic heterocycles. The van der Waals surface area contributed by atoms with Crippen molar-refractivity contribution in [3.05, 3.63) is 30.1 Å². The van der Waals surface area contributed by atoms with Gasteiger partial charge in [0.2, 0.25) is 10.0 Å². The van der Waals surface area contributed by atoms with Gasteiger partial charge in [-0.1, -0.05) is 6.07 Å². The van der Waals surface area contributed by atoms with Crippen LogP contribution in [0.2, 0.25) is 0 Å². The Morgan fingerprint density at radius 1 is 1.60 bits per heavy atom. The normalized spacial score (nSPS) is 15.9. The van der Waals surface area contributed by atoms with Crippen LogP contribution in [-0.4, -0.2) is 23.8 Å². The zero-order valence-electron chi connectivity index (χ0n) is 8.37. The van der Waals surface area contributed by atoms with Gasteiger partial charge in [-0.05, 0) is 25.0 Å². The average Bonchev–Trinajstić information content (AvgIpc) is 2.17. The number of rotatable bonds is 4. The summed E-state index contributed by atoms with van der Waals surface area (Å²) in [5, 5.41) is 13.9. The lowest BCUT2D eigenvalue weighted by molar-refractivity contribution is 0.166. The van der Waals surface area contributed by atoms with Gasteiger partial charge in [0.15, 0.2) is 0 Å². The van der Waals surface area contributed by atoms with Gasteiger partial charge >= 0.3 is 0 Å². The van der Waals surface area contributed by atoms with Crippen LogP contribution in [0.4, 0.5) is 0 Å². The van der Waals surface area contributed by atoms with Crippen molar-refractivity contribution in [3.8, 4) is 0 Å². The Morgan fingerprint density at radius 2 is 2.27 bits per heavy atom. The quantitative estimate of drug-likeness (QED) is 0.771. The topological polar surface area (TPSA) is 93.3 Å². The molecule has 3 N–H and O–H groups in total. The zero-order chi connectivity index (χ0) is 11.5. The van der Waals surface area contributed by atoms with Crippen LogP contribution in [0.3, 0.4) is 0 Å². The second-order valence-electron chi connectivity index (χ2n) is 3.44. The number of nitrogens with two attached hydrogens (primary N) is 1. The molecule has 84 valence electrons. The SMILES string of the molecule is CC(CC(O)c1cccnc1)S(N)(=O)=O. The summed E-state index contributed by atoms with van der Waals surface area (Å²) in [7, 11) is -3.59. The predicted octanol–water partition coefficient (Wildman–Crippen LogP) is 0.182. The van der Waals surface area contributed by atoms with Gasteiger partial charge < -0.3 is 5.11 Å². The standard InChI is InChI=1S/C9H14N2O3S/c1-7(15(10,13)14)5-9(12)8-3-2-4-11-6-8/h2-4,6-7,9,12H,5H2,1H3,(H2,10,13,14). The summed E-state index contributed by atoms with van der Waals surface area (Å²) >= 11 is 0. The summed E-state index contributed by atoms with van der Waals surface area (Å²) in [5.41, 5.74) is 0.591. The van der Waals surface area contributed by atoms with Crippen molar-refractivity contribution in [2.75, 3.05) is 0 Å². The van der Waals surface area contributed by atoms with Crippen LogP contribution in [-0.2, 0) is 10.0 Å². The molecular weight excluding hydrogens is 216 g/mol. The molecule has 6 heteroatoms. The highest BCUT2D eigenvalue weighted by Gasteiger charge is 2.20.